The van der Waals surface area contributed by atoms with E-state index in [9.17, 15) is 8.78 Å². The standard InChI is InChI=1S/C38H23F2N3.C31H20N4/c39-30-21-29(22-31(40)23-30)25-14-12-24(13-15-25)27-7-5-8-28(20-27)35-18-19-41-38(42-35)43-36-11-4-3-10-33(36)34-17-16-26-6-1-2-9-32(26)37(34)43;1-2-8-25-22(7-1)16-17-29-30(25)26-9-3-4-11-28(26)35(29)31-33-19-24(20-34-31)21-12-14-23(15-13-21)27-10-5-6-18-32-27/h1-23H;1-20H. The molecule has 0 fully saturated rings. The number of rotatable bonds is 7. The van der Waals surface area contributed by atoms with Gasteiger partial charge in [0.05, 0.1) is 33.5 Å². The largest absolute Gasteiger partial charge is 0.278 e. The van der Waals surface area contributed by atoms with Gasteiger partial charge in [-0.1, -0.05) is 176 Å². The SMILES string of the molecule is Fc1cc(F)cc(-c2ccc(-c3cccc(-c4ccnc(-n5c6ccccc6c6ccc7ccccc7c65)n4)c3)cc2)c1.c1ccc(-c2ccc(-c3cnc(-n4c5ccccc5c5c6ccccc6ccc54)nc3)cc2)nc1. The average molecular weight is 1010 g/mol. The van der Waals surface area contributed by atoms with Crippen molar-refractivity contribution in [1.82, 2.24) is 34.1 Å². The molecular weight excluding hydrogens is 965 g/mol. The molecule has 5 aromatic heterocycles. The molecule has 7 nitrogen and oxygen atoms in total. The van der Waals surface area contributed by atoms with Crippen LogP contribution in [0.5, 0.6) is 0 Å². The summed E-state index contributed by atoms with van der Waals surface area (Å²) < 4.78 is 31.8. The van der Waals surface area contributed by atoms with Crippen molar-refractivity contribution in [1.29, 1.82) is 0 Å². The van der Waals surface area contributed by atoms with Crippen LogP contribution >= 0.6 is 0 Å². The van der Waals surface area contributed by atoms with Crippen molar-refractivity contribution in [3.05, 3.63) is 273 Å². The van der Waals surface area contributed by atoms with E-state index in [2.05, 4.69) is 160 Å². The van der Waals surface area contributed by atoms with Crippen LogP contribution in [0, 0.1) is 11.6 Å². The molecule has 0 bridgehead atoms. The zero-order valence-corrected chi connectivity index (χ0v) is 41.7. The molecule has 0 aliphatic carbocycles. The summed E-state index contributed by atoms with van der Waals surface area (Å²) in [5.41, 5.74) is 13.5. The molecular formula is C69H43F2N7. The topological polar surface area (TPSA) is 74.3 Å². The first kappa shape index (κ1) is 46.1. The summed E-state index contributed by atoms with van der Waals surface area (Å²) in [4.78, 5) is 23.9. The van der Waals surface area contributed by atoms with Crippen molar-refractivity contribution in [2.24, 2.45) is 0 Å². The van der Waals surface area contributed by atoms with Gasteiger partial charge in [0.15, 0.2) is 0 Å². The van der Waals surface area contributed by atoms with E-state index in [-0.39, 0.29) is 0 Å². The Morgan fingerprint density at radius 1 is 0.295 bits per heavy atom. The highest BCUT2D eigenvalue weighted by atomic mass is 19.1. The zero-order valence-electron chi connectivity index (χ0n) is 41.7. The Labute approximate surface area is 446 Å². The number of aromatic nitrogens is 7. The molecule has 0 saturated carbocycles. The highest BCUT2D eigenvalue weighted by Crippen LogP contribution is 2.38. The van der Waals surface area contributed by atoms with Crippen LogP contribution in [-0.2, 0) is 0 Å². The first-order valence-corrected chi connectivity index (χ1v) is 25.7. The highest BCUT2D eigenvalue weighted by molar-refractivity contribution is 6.21. The van der Waals surface area contributed by atoms with Gasteiger partial charge in [-0.3, -0.25) is 14.1 Å². The number of pyridine rings is 1. The number of fused-ring (bicyclic) bond motifs is 10. The normalized spacial score (nSPS) is 11.5. The summed E-state index contributed by atoms with van der Waals surface area (Å²) in [6.45, 7) is 0. The summed E-state index contributed by atoms with van der Waals surface area (Å²) in [6, 6.07) is 78.1. The molecule has 15 rings (SSSR count). The summed E-state index contributed by atoms with van der Waals surface area (Å²) in [5, 5.41) is 9.54. The van der Waals surface area contributed by atoms with E-state index in [1.54, 1.807) is 0 Å². The van der Waals surface area contributed by atoms with Gasteiger partial charge >= 0.3 is 0 Å². The maximum absolute atomic E-state index is 13.8. The van der Waals surface area contributed by atoms with Gasteiger partial charge in [-0.05, 0) is 98.6 Å². The smallest absolute Gasteiger partial charge is 0.235 e. The minimum atomic E-state index is -0.593. The average Bonchev–Trinajstić information content (AvgIpc) is 4.26. The molecule has 368 valence electrons. The van der Waals surface area contributed by atoms with Crippen LogP contribution in [0.3, 0.4) is 0 Å². The number of hydrogen-bond donors (Lipinski definition) is 0. The van der Waals surface area contributed by atoms with Gasteiger partial charge in [0.2, 0.25) is 11.9 Å². The lowest BCUT2D eigenvalue weighted by molar-refractivity contribution is 0.584. The van der Waals surface area contributed by atoms with Crippen LogP contribution in [0.2, 0.25) is 0 Å². The van der Waals surface area contributed by atoms with Gasteiger partial charge in [0.1, 0.15) is 11.6 Å². The molecule has 0 aliphatic rings. The summed E-state index contributed by atoms with van der Waals surface area (Å²) in [6.07, 6.45) is 7.43. The molecule has 0 amide bonds. The number of benzene rings is 10. The van der Waals surface area contributed by atoms with Crippen molar-refractivity contribution in [3.8, 4) is 67.8 Å². The van der Waals surface area contributed by atoms with Gasteiger partial charge in [-0.25, -0.2) is 28.7 Å². The molecule has 15 aromatic rings. The molecule has 10 aromatic carbocycles. The second-order valence-corrected chi connectivity index (χ2v) is 19.2. The number of halogens is 2. The first-order valence-electron chi connectivity index (χ1n) is 25.7. The fraction of sp³-hybridized carbons (Fsp3) is 0. The Balaban J connectivity index is 0.000000145. The van der Waals surface area contributed by atoms with Gasteiger partial charge in [0, 0.05) is 74.5 Å². The number of para-hydroxylation sites is 2. The maximum Gasteiger partial charge on any atom is 0.235 e. The molecule has 0 atom stereocenters. The third kappa shape index (κ3) is 8.27. The van der Waals surface area contributed by atoms with Crippen molar-refractivity contribution in [2.75, 3.05) is 0 Å². The Hall–Kier alpha value is -10.5. The monoisotopic (exact) mass is 1010 g/mol. The van der Waals surface area contributed by atoms with E-state index in [1.165, 1.54) is 33.7 Å². The Morgan fingerprint density at radius 2 is 0.885 bits per heavy atom. The second-order valence-electron chi connectivity index (χ2n) is 19.2. The Bertz CT molecular complexity index is 4720. The third-order valence-corrected chi connectivity index (χ3v) is 14.6. The van der Waals surface area contributed by atoms with Gasteiger partial charge in [-0.2, -0.15) is 0 Å². The highest BCUT2D eigenvalue weighted by Gasteiger charge is 2.19. The van der Waals surface area contributed by atoms with E-state index < -0.39 is 11.6 Å². The number of nitrogens with zero attached hydrogens (tertiary/aromatic N) is 7. The zero-order chi connectivity index (χ0) is 52.1. The van der Waals surface area contributed by atoms with Crippen LogP contribution < -0.4 is 0 Å². The van der Waals surface area contributed by atoms with Gasteiger partial charge < -0.3 is 0 Å². The fourth-order valence-corrected chi connectivity index (χ4v) is 10.9. The lowest BCUT2D eigenvalue weighted by Gasteiger charge is -2.11. The third-order valence-electron chi connectivity index (χ3n) is 14.6. The van der Waals surface area contributed by atoms with Crippen molar-refractivity contribution in [2.45, 2.75) is 0 Å². The van der Waals surface area contributed by atoms with Crippen molar-refractivity contribution in [3.63, 3.8) is 0 Å². The van der Waals surface area contributed by atoms with Crippen LogP contribution in [0.25, 0.3) is 133 Å². The molecule has 5 heterocycles. The Morgan fingerprint density at radius 3 is 1.62 bits per heavy atom. The van der Waals surface area contributed by atoms with Crippen LogP contribution in [-0.4, -0.2) is 34.1 Å². The van der Waals surface area contributed by atoms with Gasteiger partial charge in [-0.15, -0.1) is 0 Å². The number of hydrogen-bond acceptors (Lipinski definition) is 5. The molecule has 0 aliphatic heterocycles. The predicted octanol–water partition coefficient (Wildman–Crippen LogP) is 17.5. The van der Waals surface area contributed by atoms with E-state index >= 15 is 0 Å². The predicted molar refractivity (Wildman–Crippen MR) is 313 cm³/mol. The molecule has 0 spiro atoms. The quantitative estimate of drug-likeness (QED) is 0.159. The molecule has 0 radical (unpaired) electrons. The summed E-state index contributed by atoms with van der Waals surface area (Å²) in [7, 11) is 0. The molecule has 0 N–H and O–H groups in total. The van der Waals surface area contributed by atoms with Crippen molar-refractivity contribution < 1.29 is 8.78 Å². The van der Waals surface area contributed by atoms with Gasteiger partial charge in [0.25, 0.3) is 0 Å². The maximum atomic E-state index is 13.8. The molecule has 0 unspecified atom stereocenters. The lowest BCUT2D eigenvalue weighted by atomic mass is 9.98. The second kappa shape index (κ2) is 19.3. The minimum Gasteiger partial charge on any atom is -0.278 e. The Kier molecular flexibility index (Phi) is 11.4. The van der Waals surface area contributed by atoms with Crippen molar-refractivity contribution >= 4 is 65.2 Å². The molecule has 0 saturated heterocycles. The molecule has 9 heteroatoms. The fourth-order valence-electron chi connectivity index (χ4n) is 10.9. The summed E-state index contributed by atoms with van der Waals surface area (Å²) >= 11 is 0. The first-order chi connectivity index (χ1) is 38.5. The van der Waals surface area contributed by atoms with Crippen LogP contribution in [0.1, 0.15) is 0 Å². The summed E-state index contributed by atoms with van der Waals surface area (Å²) in [5.74, 6) is 0.0904. The van der Waals surface area contributed by atoms with E-state index in [0.717, 1.165) is 100 Å². The van der Waals surface area contributed by atoms with E-state index in [1.807, 2.05) is 97.6 Å². The lowest BCUT2D eigenvalue weighted by Crippen LogP contribution is -2.02. The van der Waals surface area contributed by atoms with Crippen LogP contribution in [0.4, 0.5) is 8.78 Å². The minimum absolute atomic E-state index is 0.504. The van der Waals surface area contributed by atoms with E-state index in [0.29, 0.717) is 17.5 Å². The molecule has 78 heavy (non-hydrogen) atoms. The van der Waals surface area contributed by atoms with E-state index in [4.69, 9.17) is 19.9 Å². The van der Waals surface area contributed by atoms with Crippen LogP contribution in [0.15, 0.2) is 261 Å².